The fourth-order valence-electron chi connectivity index (χ4n) is 3.43. The minimum absolute atomic E-state index is 0.164. The molecule has 0 aliphatic heterocycles. The number of carbonyl (C=O) groups is 1. The first-order chi connectivity index (χ1) is 12.8. The first-order valence-corrected chi connectivity index (χ1v) is 11.7. The van der Waals surface area contributed by atoms with E-state index < -0.39 is 0 Å². The number of allylic oxidation sites excluding steroid dienone is 2. The molecule has 0 aliphatic carbocycles. The van der Waals surface area contributed by atoms with Gasteiger partial charge in [0, 0.05) is 6.42 Å². The zero-order valence-corrected chi connectivity index (χ0v) is 17.8. The molecular formula is C24H47NO. The van der Waals surface area contributed by atoms with Crippen LogP contribution in [-0.2, 0) is 4.79 Å². The maximum absolute atomic E-state index is 10.6. The minimum Gasteiger partial charge on any atom is -0.370 e. The van der Waals surface area contributed by atoms with Crippen molar-refractivity contribution in [2.24, 2.45) is 5.73 Å². The van der Waals surface area contributed by atoms with Crippen LogP contribution in [0.15, 0.2) is 12.2 Å². The Labute approximate surface area is 164 Å². The molecule has 2 nitrogen and oxygen atoms in total. The molecule has 0 aromatic heterocycles. The number of amides is 1. The topological polar surface area (TPSA) is 43.1 Å². The molecule has 2 N–H and O–H groups in total. The van der Waals surface area contributed by atoms with Gasteiger partial charge >= 0.3 is 0 Å². The molecule has 0 aromatic rings. The van der Waals surface area contributed by atoms with Gasteiger partial charge < -0.3 is 5.73 Å². The van der Waals surface area contributed by atoms with E-state index in [1.54, 1.807) is 0 Å². The molecule has 0 aromatic carbocycles. The summed E-state index contributed by atoms with van der Waals surface area (Å²) in [7, 11) is 0. The zero-order valence-electron chi connectivity index (χ0n) is 17.8. The first kappa shape index (κ1) is 25.2. The second-order valence-electron chi connectivity index (χ2n) is 7.92. The smallest absolute Gasteiger partial charge is 0.217 e. The van der Waals surface area contributed by atoms with Gasteiger partial charge in [-0.3, -0.25) is 4.79 Å². The fraction of sp³-hybridized carbons (Fsp3) is 0.875. The molecule has 0 atom stereocenters. The highest BCUT2D eigenvalue weighted by molar-refractivity contribution is 5.73. The second-order valence-corrected chi connectivity index (χ2v) is 7.92. The monoisotopic (exact) mass is 365 g/mol. The van der Waals surface area contributed by atoms with Crippen LogP contribution in [0.2, 0.25) is 0 Å². The van der Waals surface area contributed by atoms with E-state index in [1.807, 2.05) is 0 Å². The van der Waals surface area contributed by atoms with Gasteiger partial charge in [0.25, 0.3) is 0 Å². The van der Waals surface area contributed by atoms with Crippen molar-refractivity contribution in [3.05, 3.63) is 12.2 Å². The molecule has 0 saturated carbocycles. The lowest BCUT2D eigenvalue weighted by atomic mass is 10.0. The minimum atomic E-state index is -0.164. The third-order valence-corrected chi connectivity index (χ3v) is 5.18. The van der Waals surface area contributed by atoms with E-state index in [2.05, 4.69) is 19.1 Å². The lowest BCUT2D eigenvalue weighted by Crippen LogP contribution is -2.09. The molecule has 26 heavy (non-hydrogen) atoms. The van der Waals surface area contributed by atoms with Crippen LogP contribution in [0.3, 0.4) is 0 Å². The predicted molar refractivity (Wildman–Crippen MR) is 116 cm³/mol. The van der Waals surface area contributed by atoms with Crippen LogP contribution in [-0.4, -0.2) is 5.91 Å². The molecule has 154 valence electrons. The summed E-state index contributed by atoms with van der Waals surface area (Å²) in [5, 5.41) is 0. The second kappa shape index (κ2) is 22.3. The highest BCUT2D eigenvalue weighted by Crippen LogP contribution is 2.13. The molecule has 0 rings (SSSR count). The van der Waals surface area contributed by atoms with E-state index >= 15 is 0 Å². The molecule has 0 bridgehead atoms. The summed E-state index contributed by atoms with van der Waals surface area (Å²) < 4.78 is 0. The Kier molecular flexibility index (Phi) is 21.6. The van der Waals surface area contributed by atoms with Gasteiger partial charge in [-0.2, -0.15) is 0 Å². The number of primary amides is 1. The third kappa shape index (κ3) is 23.2. The number of rotatable bonds is 21. The van der Waals surface area contributed by atoms with Gasteiger partial charge in [-0.1, -0.05) is 109 Å². The van der Waals surface area contributed by atoms with Gasteiger partial charge in [0.05, 0.1) is 0 Å². The van der Waals surface area contributed by atoms with Crippen LogP contribution in [0.4, 0.5) is 0 Å². The third-order valence-electron chi connectivity index (χ3n) is 5.18. The van der Waals surface area contributed by atoms with E-state index in [4.69, 9.17) is 5.73 Å². The average Bonchev–Trinajstić information content (AvgIpc) is 2.62. The van der Waals surface area contributed by atoms with Gasteiger partial charge in [0.15, 0.2) is 0 Å². The summed E-state index contributed by atoms with van der Waals surface area (Å²) in [5.41, 5.74) is 5.13. The highest BCUT2D eigenvalue weighted by atomic mass is 16.1. The number of hydrogen-bond acceptors (Lipinski definition) is 1. The summed E-state index contributed by atoms with van der Waals surface area (Å²) in [5.74, 6) is -0.164. The SMILES string of the molecule is CCCCCCCCCCCCCCCC=CCCCCCCC(N)=O. The summed E-state index contributed by atoms with van der Waals surface area (Å²) in [6.07, 6.45) is 30.8. The van der Waals surface area contributed by atoms with Crippen LogP contribution >= 0.6 is 0 Å². The maximum Gasteiger partial charge on any atom is 0.217 e. The first-order valence-electron chi connectivity index (χ1n) is 11.7. The van der Waals surface area contributed by atoms with Crippen molar-refractivity contribution < 1.29 is 4.79 Å². The molecule has 0 fully saturated rings. The normalized spacial score (nSPS) is 11.4. The molecule has 0 aliphatic rings. The van der Waals surface area contributed by atoms with Crippen LogP contribution in [0.5, 0.6) is 0 Å². The van der Waals surface area contributed by atoms with E-state index in [-0.39, 0.29) is 5.91 Å². The number of hydrogen-bond donors (Lipinski definition) is 1. The molecular weight excluding hydrogens is 318 g/mol. The van der Waals surface area contributed by atoms with Crippen LogP contribution in [0, 0.1) is 0 Å². The number of carbonyl (C=O) groups excluding carboxylic acids is 1. The van der Waals surface area contributed by atoms with Crippen molar-refractivity contribution in [1.82, 2.24) is 0 Å². The van der Waals surface area contributed by atoms with Crippen molar-refractivity contribution in [2.75, 3.05) is 0 Å². The van der Waals surface area contributed by atoms with E-state index in [0.29, 0.717) is 6.42 Å². The Morgan fingerprint density at radius 2 is 0.923 bits per heavy atom. The summed E-state index contributed by atoms with van der Waals surface area (Å²) in [4.78, 5) is 10.6. The summed E-state index contributed by atoms with van der Waals surface area (Å²) in [6.45, 7) is 2.29. The Balaban J connectivity index is 3.07. The van der Waals surface area contributed by atoms with Crippen molar-refractivity contribution in [3.8, 4) is 0 Å². The lowest BCUT2D eigenvalue weighted by molar-refractivity contribution is -0.118. The standard InChI is InChI=1S/C24H47NO/c1-2-3-4-5-6-7-8-9-10-11-12-13-14-15-16-17-18-19-20-21-22-23-24(25)26/h16-17H,2-15,18-23H2,1H3,(H2,25,26). The van der Waals surface area contributed by atoms with Gasteiger partial charge in [0.2, 0.25) is 5.91 Å². The predicted octanol–water partition coefficient (Wildman–Crippen LogP) is 7.85. The van der Waals surface area contributed by atoms with Gasteiger partial charge in [0.1, 0.15) is 0 Å². The van der Waals surface area contributed by atoms with Crippen molar-refractivity contribution in [2.45, 2.75) is 135 Å². The van der Waals surface area contributed by atoms with E-state index in [9.17, 15) is 4.79 Å². The summed E-state index contributed by atoms with van der Waals surface area (Å²) in [6, 6.07) is 0. The molecule has 2 heteroatoms. The molecule has 1 amide bonds. The molecule has 0 radical (unpaired) electrons. The van der Waals surface area contributed by atoms with Gasteiger partial charge in [-0.25, -0.2) is 0 Å². The van der Waals surface area contributed by atoms with Crippen molar-refractivity contribution >= 4 is 5.91 Å². The quantitative estimate of drug-likeness (QED) is 0.163. The Hall–Kier alpha value is -0.790. The Morgan fingerprint density at radius 3 is 1.31 bits per heavy atom. The van der Waals surface area contributed by atoms with Crippen LogP contribution in [0.1, 0.15) is 135 Å². The van der Waals surface area contributed by atoms with Gasteiger partial charge in [-0.05, 0) is 32.1 Å². The van der Waals surface area contributed by atoms with E-state index in [1.165, 1.54) is 109 Å². The summed E-state index contributed by atoms with van der Waals surface area (Å²) >= 11 is 0. The largest absolute Gasteiger partial charge is 0.370 e. The fourth-order valence-corrected chi connectivity index (χ4v) is 3.43. The molecule has 0 saturated heterocycles. The number of unbranched alkanes of at least 4 members (excludes halogenated alkanes) is 17. The maximum atomic E-state index is 10.6. The molecule has 0 heterocycles. The zero-order chi connectivity index (χ0) is 19.1. The van der Waals surface area contributed by atoms with E-state index in [0.717, 1.165) is 12.8 Å². The Morgan fingerprint density at radius 1 is 0.577 bits per heavy atom. The lowest BCUT2D eigenvalue weighted by Gasteiger charge is -2.02. The number of nitrogens with two attached hydrogens (primary N) is 1. The van der Waals surface area contributed by atoms with Crippen molar-refractivity contribution in [3.63, 3.8) is 0 Å². The van der Waals surface area contributed by atoms with Crippen LogP contribution < -0.4 is 5.73 Å². The Bertz CT molecular complexity index is 311. The highest BCUT2D eigenvalue weighted by Gasteiger charge is 1.94. The average molecular weight is 366 g/mol. The molecule has 0 unspecified atom stereocenters. The van der Waals surface area contributed by atoms with Crippen molar-refractivity contribution in [1.29, 1.82) is 0 Å². The molecule has 0 spiro atoms. The van der Waals surface area contributed by atoms with Gasteiger partial charge in [-0.15, -0.1) is 0 Å². The van der Waals surface area contributed by atoms with Crippen LogP contribution in [0.25, 0.3) is 0 Å².